The van der Waals surface area contributed by atoms with Gasteiger partial charge in [-0.2, -0.15) is 5.10 Å². The highest BCUT2D eigenvalue weighted by atomic mass is 35.5. The molecule has 1 aliphatic rings. The Hall–Kier alpha value is -3.30. The van der Waals surface area contributed by atoms with Crippen molar-refractivity contribution in [1.82, 2.24) is 20.0 Å². The van der Waals surface area contributed by atoms with Crippen molar-refractivity contribution in [2.45, 2.75) is 39.3 Å². The molecule has 0 spiro atoms. The lowest BCUT2D eigenvalue weighted by Crippen LogP contribution is -2.37. The molecule has 0 aliphatic carbocycles. The van der Waals surface area contributed by atoms with E-state index in [0.29, 0.717) is 34.1 Å². The zero-order chi connectivity index (χ0) is 25.1. The van der Waals surface area contributed by atoms with Crippen LogP contribution in [0.2, 0.25) is 5.02 Å². The van der Waals surface area contributed by atoms with E-state index in [-0.39, 0.29) is 30.0 Å². The fourth-order valence-corrected chi connectivity index (χ4v) is 4.92. The Morgan fingerprint density at radius 3 is 2.49 bits per heavy atom. The molecule has 0 bridgehead atoms. The average Bonchev–Trinajstić information content (AvgIpc) is 3.44. The van der Waals surface area contributed by atoms with E-state index in [1.165, 1.54) is 6.07 Å². The molecule has 184 valence electrons. The number of likely N-dealkylation sites (tertiary alicyclic amines) is 1. The van der Waals surface area contributed by atoms with Gasteiger partial charge < -0.3 is 5.32 Å². The summed E-state index contributed by atoms with van der Waals surface area (Å²) in [5.41, 5.74) is 2.59. The Morgan fingerprint density at radius 2 is 1.89 bits per heavy atom. The Kier molecular flexibility index (Phi) is 7.47. The molecule has 1 N–H and O–H groups in total. The van der Waals surface area contributed by atoms with Crippen molar-refractivity contribution in [3.05, 3.63) is 91.5 Å². The van der Waals surface area contributed by atoms with E-state index >= 15 is 0 Å². The van der Waals surface area contributed by atoms with Gasteiger partial charge in [-0.1, -0.05) is 29.8 Å². The topological polar surface area (TPSA) is 93.3 Å². The van der Waals surface area contributed by atoms with Crippen LogP contribution in [0.1, 0.15) is 51.8 Å². The molecule has 0 saturated carbocycles. The van der Waals surface area contributed by atoms with E-state index in [1.807, 2.05) is 0 Å². The molecule has 1 atom stereocenters. The van der Waals surface area contributed by atoms with E-state index in [4.69, 9.17) is 11.6 Å². The van der Waals surface area contributed by atoms with Crippen LogP contribution in [0.15, 0.2) is 42.5 Å². The number of nitrogens with one attached hydrogen (secondary N) is 1. The number of halogens is 2. The van der Waals surface area contributed by atoms with E-state index in [1.54, 1.807) is 54.9 Å². The van der Waals surface area contributed by atoms with Gasteiger partial charge >= 0.3 is 5.69 Å². The second-order valence-electron chi connectivity index (χ2n) is 8.74. The number of rotatable bonds is 8. The molecule has 3 aromatic rings. The van der Waals surface area contributed by atoms with E-state index in [0.717, 1.165) is 31.5 Å². The second-order valence-corrected chi connectivity index (χ2v) is 9.14. The SMILES string of the molecule is Cc1nn(Cc2ccc(C(=O)NCC(c3c(F)cccc3Cl)N3CCCC3)cc2)c(C)c1[N+](=O)[O-]. The van der Waals surface area contributed by atoms with Gasteiger partial charge in [-0.25, -0.2) is 4.39 Å². The van der Waals surface area contributed by atoms with Gasteiger partial charge in [0.25, 0.3) is 5.91 Å². The Morgan fingerprint density at radius 1 is 1.20 bits per heavy atom. The highest BCUT2D eigenvalue weighted by Crippen LogP contribution is 2.32. The maximum absolute atomic E-state index is 14.7. The summed E-state index contributed by atoms with van der Waals surface area (Å²) in [7, 11) is 0. The Labute approximate surface area is 207 Å². The van der Waals surface area contributed by atoms with Gasteiger partial charge in [0, 0.05) is 22.7 Å². The number of carbonyl (C=O) groups is 1. The van der Waals surface area contributed by atoms with Crippen LogP contribution in [-0.2, 0) is 6.54 Å². The molecule has 1 saturated heterocycles. The zero-order valence-corrected chi connectivity index (χ0v) is 20.4. The number of hydrogen-bond donors (Lipinski definition) is 1. The number of nitro groups is 1. The third-order valence-electron chi connectivity index (χ3n) is 6.44. The number of carbonyl (C=O) groups excluding carboxylic acids is 1. The average molecular weight is 500 g/mol. The van der Waals surface area contributed by atoms with Crippen LogP contribution < -0.4 is 5.32 Å². The highest BCUT2D eigenvalue weighted by molar-refractivity contribution is 6.31. The fourth-order valence-electron chi connectivity index (χ4n) is 4.63. The molecule has 35 heavy (non-hydrogen) atoms. The van der Waals surface area contributed by atoms with Crippen LogP contribution in [0.25, 0.3) is 0 Å². The van der Waals surface area contributed by atoms with Crippen LogP contribution >= 0.6 is 11.6 Å². The minimum atomic E-state index is -0.425. The van der Waals surface area contributed by atoms with Crippen molar-refractivity contribution >= 4 is 23.2 Å². The van der Waals surface area contributed by atoms with Crippen molar-refractivity contribution in [3.63, 3.8) is 0 Å². The molecule has 1 fully saturated rings. The van der Waals surface area contributed by atoms with E-state index in [9.17, 15) is 19.3 Å². The molecule has 2 heterocycles. The first kappa shape index (κ1) is 24.8. The minimum Gasteiger partial charge on any atom is -0.350 e. The maximum atomic E-state index is 14.7. The molecule has 8 nitrogen and oxygen atoms in total. The first-order valence-corrected chi connectivity index (χ1v) is 11.9. The standard InChI is InChI=1S/C25H27ClFN5O3/c1-16-24(32(34)35)17(2)31(29-16)15-18-8-10-19(11-9-18)25(33)28-14-22(30-12-3-4-13-30)23-20(26)6-5-7-21(23)27/h5-11,22H,3-4,12-15H2,1-2H3,(H,28,33). The summed E-state index contributed by atoms with van der Waals surface area (Å²) in [4.78, 5) is 25.8. The predicted molar refractivity (Wildman–Crippen MR) is 131 cm³/mol. The van der Waals surface area contributed by atoms with Crippen LogP contribution in [0.5, 0.6) is 0 Å². The van der Waals surface area contributed by atoms with Crippen molar-refractivity contribution in [2.75, 3.05) is 19.6 Å². The maximum Gasteiger partial charge on any atom is 0.312 e. The molecule has 2 aromatic carbocycles. The molecule has 1 amide bonds. The number of hydrogen-bond acceptors (Lipinski definition) is 5. The quantitative estimate of drug-likeness (QED) is 0.354. The smallest absolute Gasteiger partial charge is 0.312 e. The summed E-state index contributed by atoms with van der Waals surface area (Å²) in [5, 5.41) is 18.8. The van der Waals surface area contributed by atoms with E-state index in [2.05, 4.69) is 15.3 Å². The summed E-state index contributed by atoms with van der Waals surface area (Å²) < 4.78 is 16.2. The molecule has 1 aromatic heterocycles. The molecule has 1 aliphatic heterocycles. The van der Waals surface area contributed by atoms with Crippen molar-refractivity contribution in [2.24, 2.45) is 0 Å². The molecular formula is C25H27ClFN5O3. The molecule has 0 radical (unpaired) electrons. The van der Waals surface area contributed by atoms with Gasteiger partial charge in [0.1, 0.15) is 17.2 Å². The Balaban J connectivity index is 1.45. The van der Waals surface area contributed by atoms with Crippen LogP contribution in [0.4, 0.5) is 10.1 Å². The Bertz CT molecular complexity index is 1220. The van der Waals surface area contributed by atoms with Gasteiger partial charge in [0.15, 0.2) is 0 Å². The largest absolute Gasteiger partial charge is 0.350 e. The van der Waals surface area contributed by atoms with Crippen molar-refractivity contribution in [3.8, 4) is 0 Å². The molecule has 4 rings (SSSR count). The number of amides is 1. The van der Waals surface area contributed by atoms with Crippen molar-refractivity contribution < 1.29 is 14.1 Å². The zero-order valence-electron chi connectivity index (χ0n) is 19.6. The molecule has 10 heteroatoms. The first-order chi connectivity index (χ1) is 16.8. The number of benzene rings is 2. The summed E-state index contributed by atoms with van der Waals surface area (Å²) in [6.07, 6.45) is 2.05. The van der Waals surface area contributed by atoms with Gasteiger partial charge in [0.2, 0.25) is 0 Å². The molecular weight excluding hydrogens is 473 g/mol. The first-order valence-electron chi connectivity index (χ1n) is 11.5. The van der Waals surface area contributed by atoms with E-state index < -0.39 is 4.92 Å². The third kappa shape index (κ3) is 5.36. The van der Waals surface area contributed by atoms with Crippen molar-refractivity contribution in [1.29, 1.82) is 0 Å². The third-order valence-corrected chi connectivity index (χ3v) is 6.77. The molecule has 1 unspecified atom stereocenters. The monoisotopic (exact) mass is 499 g/mol. The normalized spacial score (nSPS) is 14.7. The number of aryl methyl sites for hydroxylation is 1. The van der Waals surface area contributed by atoms with Gasteiger partial charge in [-0.15, -0.1) is 0 Å². The van der Waals surface area contributed by atoms with Gasteiger partial charge in [-0.3, -0.25) is 24.5 Å². The summed E-state index contributed by atoms with van der Waals surface area (Å²) in [5.74, 6) is -0.646. The summed E-state index contributed by atoms with van der Waals surface area (Å²) in [6, 6.07) is 11.3. The lowest BCUT2D eigenvalue weighted by molar-refractivity contribution is -0.386. The summed E-state index contributed by atoms with van der Waals surface area (Å²) in [6.45, 7) is 5.51. The summed E-state index contributed by atoms with van der Waals surface area (Å²) >= 11 is 6.33. The minimum absolute atomic E-state index is 0.0171. The number of nitrogens with zero attached hydrogens (tertiary/aromatic N) is 4. The lowest BCUT2D eigenvalue weighted by atomic mass is 10.0. The van der Waals surface area contributed by atoms with Gasteiger partial charge in [-0.05, 0) is 69.6 Å². The van der Waals surface area contributed by atoms with Crippen LogP contribution in [-0.4, -0.2) is 45.1 Å². The second kappa shape index (κ2) is 10.5. The van der Waals surface area contributed by atoms with Gasteiger partial charge in [0.05, 0.1) is 17.5 Å². The van der Waals surface area contributed by atoms with Crippen LogP contribution in [0.3, 0.4) is 0 Å². The highest BCUT2D eigenvalue weighted by Gasteiger charge is 2.28. The number of aromatic nitrogens is 2. The van der Waals surface area contributed by atoms with Crippen LogP contribution in [0, 0.1) is 29.8 Å². The lowest BCUT2D eigenvalue weighted by Gasteiger charge is -2.29. The predicted octanol–water partition coefficient (Wildman–Crippen LogP) is 4.82. The fraction of sp³-hybridized carbons (Fsp3) is 0.360.